The summed E-state index contributed by atoms with van der Waals surface area (Å²) >= 11 is 1.86. The number of hydrogen-bond donors (Lipinski definition) is 2. The Bertz CT molecular complexity index is 330. The molecule has 1 aromatic heterocycles. The Labute approximate surface area is 101 Å². The molecule has 1 unspecified atom stereocenters. The van der Waals surface area contributed by atoms with E-state index in [1.165, 1.54) is 6.33 Å². The van der Waals surface area contributed by atoms with E-state index in [4.69, 9.17) is 5.73 Å². The van der Waals surface area contributed by atoms with Crippen molar-refractivity contribution in [1.82, 2.24) is 9.97 Å². The van der Waals surface area contributed by atoms with Crippen molar-refractivity contribution in [3.63, 3.8) is 0 Å². The molecule has 0 aromatic carbocycles. The van der Waals surface area contributed by atoms with Crippen LogP contribution in [0.1, 0.15) is 25.8 Å². The van der Waals surface area contributed by atoms with Gasteiger partial charge in [-0.3, -0.25) is 0 Å². The van der Waals surface area contributed by atoms with Gasteiger partial charge in [-0.2, -0.15) is 11.8 Å². The van der Waals surface area contributed by atoms with Gasteiger partial charge in [0.25, 0.3) is 0 Å². The molecule has 0 spiro atoms. The van der Waals surface area contributed by atoms with Gasteiger partial charge in [0.2, 0.25) is 0 Å². The second-order valence-corrected chi connectivity index (χ2v) is 4.75. The van der Waals surface area contributed by atoms with Gasteiger partial charge in [-0.1, -0.05) is 6.92 Å². The van der Waals surface area contributed by atoms with Gasteiger partial charge in [-0.05, 0) is 31.8 Å². The maximum atomic E-state index is 5.81. The molecule has 0 bridgehead atoms. The summed E-state index contributed by atoms with van der Waals surface area (Å²) in [6, 6.07) is 0.409. The van der Waals surface area contributed by atoms with E-state index in [9.17, 15) is 0 Å². The first-order chi connectivity index (χ1) is 7.69. The van der Waals surface area contributed by atoms with Crippen molar-refractivity contribution in [2.24, 2.45) is 0 Å². The molecule has 1 aromatic rings. The average molecular weight is 240 g/mol. The summed E-state index contributed by atoms with van der Waals surface area (Å²) in [6.07, 6.45) is 5.60. The van der Waals surface area contributed by atoms with Gasteiger partial charge in [0, 0.05) is 11.6 Å². The molecule has 0 aliphatic carbocycles. The Balaban J connectivity index is 2.69. The van der Waals surface area contributed by atoms with Crippen molar-refractivity contribution in [3.8, 4) is 0 Å². The third kappa shape index (κ3) is 3.56. The molecular formula is C11H20N4S. The van der Waals surface area contributed by atoms with E-state index in [0.717, 1.165) is 30.0 Å². The highest BCUT2D eigenvalue weighted by Crippen LogP contribution is 2.19. The summed E-state index contributed by atoms with van der Waals surface area (Å²) in [6.45, 7) is 4.22. The lowest BCUT2D eigenvalue weighted by molar-refractivity contribution is 0.763. The number of hydrogen-bond acceptors (Lipinski definition) is 5. The van der Waals surface area contributed by atoms with Crippen molar-refractivity contribution < 1.29 is 0 Å². The summed E-state index contributed by atoms with van der Waals surface area (Å²) < 4.78 is 0. The summed E-state index contributed by atoms with van der Waals surface area (Å²) in [7, 11) is 0. The minimum Gasteiger partial charge on any atom is -0.383 e. The Morgan fingerprint density at radius 1 is 1.50 bits per heavy atom. The first kappa shape index (κ1) is 13.1. The van der Waals surface area contributed by atoms with Crippen LogP contribution in [-0.4, -0.2) is 28.0 Å². The Kier molecular flexibility index (Phi) is 5.38. The zero-order chi connectivity index (χ0) is 12.0. The normalized spacial score (nSPS) is 12.4. The third-order valence-corrected chi connectivity index (χ3v) is 3.11. The van der Waals surface area contributed by atoms with E-state index >= 15 is 0 Å². The number of nitrogens with one attached hydrogen (secondary N) is 1. The molecule has 0 aliphatic heterocycles. The lowest BCUT2D eigenvalue weighted by atomic mass is 10.2. The summed E-state index contributed by atoms with van der Waals surface area (Å²) in [5, 5.41) is 3.39. The van der Waals surface area contributed by atoms with E-state index in [-0.39, 0.29) is 0 Å². The van der Waals surface area contributed by atoms with Crippen LogP contribution in [0.3, 0.4) is 0 Å². The van der Waals surface area contributed by atoms with Crippen LogP contribution in [0.2, 0.25) is 0 Å². The maximum absolute atomic E-state index is 5.81. The lowest BCUT2D eigenvalue weighted by Crippen LogP contribution is -2.18. The fourth-order valence-corrected chi connectivity index (χ4v) is 2.09. The number of nitrogens with zero attached hydrogens (tertiary/aromatic N) is 2. The molecule has 0 saturated heterocycles. The van der Waals surface area contributed by atoms with Crippen LogP contribution in [0.5, 0.6) is 0 Å². The van der Waals surface area contributed by atoms with Gasteiger partial charge in [-0.15, -0.1) is 0 Å². The van der Waals surface area contributed by atoms with Crippen molar-refractivity contribution in [2.75, 3.05) is 23.1 Å². The van der Waals surface area contributed by atoms with Crippen LogP contribution in [0.25, 0.3) is 0 Å². The smallest absolute Gasteiger partial charge is 0.134 e. The van der Waals surface area contributed by atoms with Crippen LogP contribution < -0.4 is 11.1 Å². The van der Waals surface area contributed by atoms with Gasteiger partial charge in [0.15, 0.2) is 0 Å². The molecule has 0 saturated carbocycles. The lowest BCUT2D eigenvalue weighted by Gasteiger charge is -2.16. The fraction of sp³-hybridized carbons (Fsp3) is 0.636. The van der Waals surface area contributed by atoms with E-state index in [1.807, 2.05) is 11.8 Å². The molecular weight excluding hydrogens is 220 g/mol. The SMILES string of the molecule is CCc1c(N)ncnc1NC(C)CCSC. The highest BCUT2D eigenvalue weighted by Gasteiger charge is 2.09. The molecule has 0 amide bonds. The van der Waals surface area contributed by atoms with E-state index in [1.54, 1.807) is 0 Å². The largest absolute Gasteiger partial charge is 0.383 e. The summed E-state index contributed by atoms with van der Waals surface area (Å²) in [4.78, 5) is 8.25. The van der Waals surface area contributed by atoms with Gasteiger partial charge in [-0.25, -0.2) is 9.97 Å². The van der Waals surface area contributed by atoms with Gasteiger partial charge in [0.05, 0.1) is 0 Å². The Morgan fingerprint density at radius 3 is 2.88 bits per heavy atom. The number of aromatic nitrogens is 2. The highest BCUT2D eigenvalue weighted by molar-refractivity contribution is 7.98. The number of anilines is 2. The molecule has 0 aliphatic rings. The monoisotopic (exact) mass is 240 g/mol. The van der Waals surface area contributed by atoms with Gasteiger partial charge in [0.1, 0.15) is 18.0 Å². The van der Waals surface area contributed by atoms with Crippen molar-refractivity contribution >= 4 is 23.4 Å². The fourth-order valence-electron chi connectivity index (χ4n) is 1.50. The number of nitrogens with two attached hydrogens (primary N) is 1. The predicted molar refractivity (Wildman–Crippen MR) is 71.9 cm³/mol. The second kappa shape index (κ2) is 6.58. The molecule has 3 N–H and O–H groups in total. The molecule has 16 heavy (non-hydrogen) atoms. The highest BCUT2D eigenvalue weighted by atomic mass is 32.2. The summed E-state index contributed by atoms with van der Waals surface area (Å²) in [5.41, 5.74) is 6.83. The molecule has 1 heterocycles. The van der Waals surface area contributed by atoms with Crippen molar-refractivity contribution in [3.05, 3.63) is 11.9 Å². The zero-order valence-corrected chi connectivity index (χ0v) is 11.0. The van der Waals surface area contributed by atoms with E-state index < -0.39 is 0 Å². The van der Waals surface area contributed by atoms with Gasteiger partial charge < -0.3 is 11.1 Å². The molecule has 5 heteroatoms. The van der Waals surface area contributed by atoms with E-state index in [0.29, 0.717) is 11.9 Å². The molecule has 4 nitrogen and oxygen atoms in total. The van der Waals surface area contributed by atoms with Crippen molar-refractivity contribution in [2.45, 2.75) is 32.7 Å². The van der Waals surface area contributed by atoms with Crippen LogP contribution in [0.15, 0.2) is 6.33 Å². The molecule has 90 valence electrons. The van der Waals surface area contributed by atoms with Crippen LogP contribution >= 0.6 is 11.8 Å². The van der Waals surface area contributed by atoms with Crippen LogP contribution in [-0.2, 0) is 6.42 Å². The molecule has 0 radical (unpaired) electrons. The molecule has 1 atom stereocenters. The Hall–Kier alpha value is -0.970. The molecule has 1 rings (SSSR count). The van der Waals surface area contributed by atoms with E-state index in [2.05, 4.69) is 35.4 Å². The maximum Gasteiger partial charge on any atom is 0.134 e. The van der Waals surface area contributed by atoms with Gasteiger partial charge >= 0.3 is 0 Å². The topological polar surface area (TPSA) is 63.8 Å². The average Bonchev–Trinajstić information content (AvgIpc) is 2.27. The van der Waals surface area contributed by atoms with Crippen molar-refractivity contribution in [1.29, 1.82) is 0 Å². The predicted octanol–water partition coefficient (Wildman–Crippen LogP) is 2.17. The second-order valence-electron chi connectivity index (χ2n) is 3.77. The zero-order valence-electron chi connectivity index (χ0n) is 10.2. The minimum atomic E-state index is 0.409. The number of rotatable bonds is 6. The quantitative estimate of drug-likeness (QED) is 0.798. The summed E-state index contributed by atoms with van der Waals surface area (Å²) in [5.74, 6) is 2.61. The minimum absolute atomic E-state index is 0.409. The molecule has 0 fully saturated rings. The third-order valence-electron chi connectivity index (χ3n) is 2.47. The van der Waals surface area contributed by atoms with Crippen LogP contribution in [0.4, 0.5) is 11.6 Å². The number of nitrogen functional groups attached to an aromatic ring is 1. The first-order valence-corrected chi connectivity index (χ1v) is 6.93. The van der Waals surface area contributed by atoms with Crippen LogP contribution in [0, 0.1) is 0 Å². The standard InChI is InChI=1S/C11H20N4S/c1-4-9-10(12)13-7-14-11(9)15-8(2)5-6-16-3/h7-8H,4-6H2,1-3H3,(H3,12,13,14,15). The first-order valence-electron chi connectivity index (χ1n) is 5.53. The number of thioether (sulfide) groups is 1. The Morgan fingerprint density at radius 2 is 2.25 bits per heavy atom.